The van der Waals surface area contributed by atoms with Gasteiger partial charge in [0.05, 0.1) is 4.88 Å². The number of anilines is 1. The molecule has 32 heavy (non-hydrogen) atoms. The number of nitrogens with one attached hydrogen (secondary N) is 1. The predicted molar refractivity (Wildman–Crippen MR) is 131 cm³/mol. The van der Waals surface area contributed by atoms with Crippen LogP contribution in [0, 0.1) is 0 Å². The molecule has 1 atom stereocenters. The van der Waals surface area contributed by atoms with Gasteiger partial charge in [-0.05, 0) is 47.6 Å². The summed E-state index contributed by atoms with van der Waals surface area (Å²) in [6, 6.07) is 28.4. The Hall–Kier alpha value is -3.31. The number of nitrogens with zero attached hydrogens (tertiary/aromatic N) is 1. The fraction of sp³-hybridized carbons (Fsp3) is 0.222. The highest BCUT2D eigenvalue weighted by Gasteiger charge is 2.27. The second-order valence-corrected chi connectivity index (χ2v) is 9.49. The van der Waals surface area contributed by atoms with Gasteiger partial charge in [-0.25, -0.2) is 0 Å². The predicted octanol–water partition coefficient (Wildman–Crippen LogP) is 5.30. The topological polar surface area (TPSA) is 56.3 Å². The van der Waals surface area contributed by atoms with Crippen molar-refractivity contribution in [2.24, 2.45) is 0 Å². The van der Waals surface area contributed by atoms with Crippen molar-refractivity contribution in [2.45, 2.75) is 38.3 Å². The second kappa shape index (κ2) is 9.05. The van der Waals surface area contributed by atoms with Gasteiger partial charge in [-0.1, -0.05) is 84.1 Å². The van der Waals surface area contributed by atoms with E-state index in [0.29, 0.717) is 17.3 Å². The molecule has 0 radical (unpaired) electrons. The lowest BCUT2D eigenvalue weighted by Gasteiger charge is -2.39. The lowest BCUT2D eigenvalue weighted by molar-refractivity contribution is 0.451. The first-order chi connectivity index (χ1) is 15.7. The molecule has 1 aliphatic rings. The van der Waals surface area contributed by atoms with E-state index in [1.165, 1.54) is 22.4 Å². The van der Waals surface area contributed by atoms with Crippen molar-refractivity contribution >= 4 is 17.0 Å². The molecule has 0 bridgehead atoms. The Balaban J connectivity index is 1.45. The maximum absolute atomic E-state index is 11.5. The maximum Gasteiger partial charge on any atom is 0.307 e. The summed E-state index contributed by atoms with van der Waals surface area (Å²) in [5.41, 5.74) is 6.43. The minimum Gasteiger partial charge on any atom is -0.494 e. The smallest absolute Gasteiger partial charge is 0.307 e. The zero-order valence-electron chi connectivity index (χ0n) is 17.8. The molecule has 5 rings (SSSR count). The van der Waals surface area contributed by atoms with Crippen molar-refractivity contribution in [1.29, 1.82) is 0 Å². The first kappa shape index (κ1) is 20.6. The number of hydrogen-bond acceptors (Lipinski definition) is 4. The molecule has 0 amide bonds. The molecular formula is C27H26N2O2S. The van der Waals surface area contributed by atoms with Gasteiger partial charge in [-0.2, -0.15) is 0 Å². The number of rotatable bonds is 6. The number of aromatic nitrogens is 1. The third-order valence-corrected chi connectivity index (χ3v) is 7.09. The Labute approximate surface area is 191 Å². The molecular weight excluding hydrogens is 416 g/mol. The highest BCUT2D eigenvalue weighted by Crippen LogP contribution is 2.35. The van der Waals surface area contributed by atoms with Crippen LogP contribution in [0.4, 0.5) is 5.69 Å². The normalized spacial score (nSPS) is 15.5. The number of benzene rings is 3. The van der Waals surface area contributed by atoms with Crippen LogP contribution in [0.15, 0.2) is 83.7 Å². The molecule has 2 N–H and O–H groups in total. The van der Waals surface area contributed by atoms with Gasteiger partial charge in [0, 0.05) is 24.7 Å². The molecule has 1 aliphatic heterocycles. The van der Waals surface area contributed by atoms with E-state index >= 15 is 0 Å². The summed E-state index contributed by atoms with van der Waals surface area (Å²) in [6.07, 6.45) is 3.72. The van der Waals surface area contributed by atoms with Crippen LogP contribution in [-0.2, 0) is 25.8 Å². The van der Waals surface area contributed by atoms with Crippen molar-refractivity contribution in [3.63, 3.8) is 0 Å². The number of H-pyrrole nitrogens is 1. The number of aromatic amines is 1. The Kier molecular flexibility index (Phi) is 5.82. The van der Waals surface area contributed by atoms with Crippen LogP contribution in [0.3, 0.4) is 0 Å². The van der Waals surface area contributed by atoms with E-state index in [1.807, 2.05) is 0 Å². The summed E-state index contributed by atoms with van der Waals surface area (Å²) in [5.74, 6) is -0.00801. The molecule has 0 aliphatic carbocycles. The minimum atomic E-state index is -0.215. The summed E-state index contributed by atoms with van der Waals surface area (Å²) in [4.78, 5) is 17.0. The fourth-order valence-electron chi connectivity index (χ4n) is 4.65. The molecule has 1 aromatic heterocycles. The maximum atomic E-state index is 11.5. The lowest BCUT2D eigenvalue weighted by atomic mass is 9.90. The number of fused-ring (bicyclic) bond motifs is 1. The van der Waals surface area contributed by atoms with Crippen molar-refractivity contribution in [3.8, 4) is 5.88 Å². The van der Waals surface area contributed by atoms with Crippen molar-refractivity contribution in [1.82, 2.24) is 4.98 Å². The van der Waals surface area contributed by atoms with E-state index in [0.717, 1.165) is 42.7 Å². The lowest BCUT2D eigenvalue weighted by Crippen LogP contribution is -2.40. The van der Waals surface area contributed by atoms with Crippen molar-refractivity contribution in [3.05, 3.63) is 116 Å². The highest BCUT2D eigenvalue weighted by atomic mass is 32.1. The second-order valence-electron chi connectivity index (χ2n) is 8.42. The monoisotopic (exact) mass is 442 g/mol. The molecule has 0 spiro atoms. The van der Waals surface area contributed by atoms with Gasteiger partial charge in [0.1, 0.15) is 0 Å². The molecule has 4 aromatic rings. The largest absolute Gasteiger partial charge is 0.494 e. The van der Waals surface area contributed by atoms with Crippen LogP contribution in [0.2, 0.25) is 0 Å². The van der Waals surface area contributed by atoms with E-state index in [9.17, 15) is 9.90 Å². The summed E-state index contributed by atoms with van der Waals surface area (Å²) >= 11 is 1.08. The molecule has 4 nitrogen and oxygen atoms in total. The van der Waals surface area contributed by atoms with Crippen LogP contribution in [0.1, 0.15) is 33.6 Å². The van der Waals surface area contributed by atoms with Gasteiger partial charge in [0.2, 0.25) is 5.88 Å². The highest BCUT2D eigenvalue weighted by molar-refractivity contribution is 7.09. The van der Waals surface area contributed by atoms with Crippen molar-refractivity contribution < 1.29 is 5.11 Å². The first-order valence-corrected chi connectivity index (χ1v) is 11.8. The average Bonchev–Trinajstić information content (AvgIpc) is 3.13. The third-order valence-electron chi connectivity index (χ3n) is 6.22. The van der Waals surface area contributed by atoms with Gasteiger partial charge < -0.3 is 10.0 Å². The summed E-state index contributed by atoms with van der Waals surface area (Å²) in [6.45, 7) is 0.880. The van der Waals surface area contributed by atoms with Crippen LogP contribution in [-0.4, -0.2) is 16.1 Å². The van der Waals surface area contributed by atoms with E-state index < -0.39 is 0 Å². The Morgan fingerprint density at radius 2 is 1.66 bits per heavy atom. The van der Waals surface area contributed by atoms with Gasteiger partial charge in [0.15, 0.2) is 0 Å². The zero-order chi connectivity index (χ0) is 21.9. The molecule has 0 saturated heterocycles. The van der Waals surface area contributed by atoms with E-state index in [-0.39, 0.29) is 10.8 Å². The molecule has 0 saturated carbocycles. The van der Waals surface area contributed by atoms with Crippen LogP contribution >= 0.6 is 11.3 Å². The third kappa shape index (κ3) is 4.48. The standard InChI is InChI=1S/C27H26N2O2S/c30-26-25(32-27(31)28-26)17-21-11-14-24-22(15-21)12-13-23(16-19-7-3-1-4-8-19)29(24)18-20-9-5-2-6-10-20/h1-11,14-15,23,30H,12-13,16-18H2,(H,28,31). The summed E-state index contributed by atoms with van der Waals surface area (Å²) in [7, 11) is 0. The number of thiazole rings is 1. The van der Waals surface area contributed by atoms with Gasteiger partial charge in [-0.3, -0.25) is 9.78 Å². The number of aromatic hydroxyl groups is 1. The Morgan fingerprint density at radius 1 is 0.938 bits per heavy atom. The van der Waals surface area contributed by atoms with Crippen LogP contribution in [0.5, 0.6) is 5.88 Å². The SMILES string of the molecule is O=c1[nH]c(O)c(Cc2ccc3c(c2)CCC(Cc2ccccc2)N3Cc2ccccc2)s1. The van der Waals surface area contributed by atoms with Gasteiger partial charge >= 0.3 is 4.87 Å². The van der Waals surface area contributed by atoms with Crippen LogP contribution < -0.4 is 9.77 Å². The molecule has 1 unspecified atom stereocenters. The fourth-order valence-corrected chi connectivity index (χ4v) is 5.41. The quantitative estimate of drug-likeness (QED) is 0.426. The molecule has 0 fully saturated rings. The summed E-state index contributed by atoms with van der Waals surface area (Å²) < 4.78 is 0. The minimum absolute atomic E-state index is 0.00801. The first-order valence-electron chi connectivity index (χ1n) is 11.0. The average molecular weight is 443 g/mol. The molecule has 5 heteroatoms. The zero-order valence-corrected chi connectivity index (χ0v) is 18.6. The molecule has 3 aromatic carbocycles. The molecule has 162 valence electrons. The Bertz CT molecular complexity index is 1250. The van der Waals surface area contributed by atoms with Crippen molar-refractivity contribution in [2.75, 3.05) is 4.90 Å². The number of hydrogen-bond donors (Lipinski definition) is 2. The Morgan fingerprint density at radius 3 is 2.34 bits per heavy atom. The summed E-state index contributed by atoms with van der Waals surface area (Å²) in [5, 5.41) is 9.96. The molecule has 2 heterocycles. The van der Waals surface area contributed by atoms with Crippen LogP contribution in [0.25, 0.3) is 0 Å². The van der Waals surface area contributed by atoms with Gasteiger partial charge in [-0.15, -0.1) is 0 Å². The number of aryl methyl sites for hydroxylation is 1. The van der Waals surface area contributed by atoms with Gasteiger partial charge in [0.25, 0.3) is 0 Å². The van der Waals surface area contributed by atoms with E-state index in [1.54, 1.807) is 0 Å². The van der Waals surface area contributed by atoms with E-state index in [4.69, 9.17) is 0 Å². The van der Waals surface area contributed by atoms with E-state index in [2.05, 4.69) is 88.7 Å².